The molecule has 0 saturated heterocycles. The topological polar surface area (TPSA) is 15.3 Å². The molecule has 0 aromatic carbocycles. The van der Waals surface area contributed by atoms with E-state index in [1.807, 2.05) is 0 Å². The zero-order valence-electron chi connectivity index (χ0n) is 12.6. The molecule has 2 heteroatoms. The van der Waals surface area contributed by atoms with Gasteiger partial charge in [-0.15, -0.1) is 0 Å². The van der Waals surface area contributed by atoms with Crippen molar-refractivity contribution >= 4 is 0 Å². The van der Waals surface area contributed by atoms with Gasteiger partial charge in [0.15, 0.2) is 0 Å². The second-order valence-electron chi connectivity index (χ2n) is 6.92. The zero-order valence-corrected chi connectivity index (χ0v) is 12.6. The van der Waals surface area contributed by atoms with Gasteiger partial charge in [-0.3, -0.25) is 0 Å². The highest BCUT2D eigenvalue weighted by Crippen LogP contribution is 2.27. The van der Waals surface area contributed by atoms with Crippen LogP contribution in [0.2, 0.25) is 0 Å². The molecule has 2 unspecified atom stereocenters. The van der Waals surface area contributed by atoms with Crippen LogP contribution in [0.4, 0.5) is 0 Å². The van der Waals surface area contributed by atoms with Crippen molar-refractivity contribution in [3.8, 4) is 0 Å². The zero-order chi connectivity index (χ0) is 12.9. The van der Waals surface area contributed by atoms with Gasteiger partial charge in [0, 0.05) is 19.1 Å². The monoisotopic (exact) mass is 240 g/mol. The molecule has 1 fully saturated rings. The summed E-state index contributed by atoms with van der Waals surface area (Å²) in [5.41, 5.74) is 0.378. The number of nitrogens with one attached hydrogen (secondary N) is 1. The number of nitrogens with zero attached hydrogens (tertiary/aromatic N) is 1. The van der Waals surface area contributed by atoms with Gasteiger partial charge in [-0.25, -0.2) is 0 Å². The van der Waals surface area contributed by atoms with E-state index < -0.39 is 0 Å². The first-order chi connectivity index (χ1) is 7.93. The maximum absolute atomic E-state index is 3.80. The molecule has 1 rings (SSSR count). The van der Waals surface area contributed by atoms with E-state index in [4.69, 9.17) is 0 Å². The summed E-state index contributed by atoms with van der Waals surface area (Å²) in [6, 6.07) is 0.773. The first-order valence-corrected chi connectivity index (χ1v) is 7.31. The lowest BCUT2D eigenvalue weighted by molar-refractivity contribution is 0.204. The van der Waals surface area contributed by atoms with Crippen molar-refractivity contribution < 1.29 is 0 Å². The maximum atomic E-state index is 3.80. The van der Waals surface area contributed by atoms with Crippen molar-refractivity contribution in [1.82, 2.24) is 10.2 Å². The van der Waals surface area contributed by atoms with Crippen LogP contribution in [0, 0.1) is 11.3 Å². The Balaban J connectivity index is 2.29. The van der Waals surface area contributed by atoms with Crippen LogP contribution in [-0.2, 0) is 0 Å². The van der Waals surface area contributed by atoms with E-state index in [2.05, 4.69) is 45.1 Å². The molecule has 102 valence electrons. The Hall–Kier alpha value is -0.0800. The van der Waals surface area contributed by atoms with Crippen LogP contribution in [0.1, 0.15) is 52.9 Å². The second kappa shape index (κ2) is 6.75. The SMILES string of the molecule is CCC1CCCC(NCC(C)(C)CN(C)C)C1. The van der Waals surface area contributed by atoms with Crippen molar-refractivity contribution in [2.24, 2.45) is 11.3 Å². The summed E-state index contributed by atoms with van der Waals surface area (Å²) in [7, 11) is 4.32. The average Bonchev–Trinajstić information content (AvgIpc) is 2.25. The van der Waals surface area contributed by atoms with E-state index >= 15 is 0 Å². The predicted molar refractivity (Wildman–Crippen MR) is 76.4 cm³/mol. The molecule has 0 aliphatic heterocycles. The lowest BCUT2D eigenvalue weighted by Gasteiger charge is -2.34. The van der Waals surface area contributed by atoms with Gasteiger partial charge in [0.05, 0.1) is 0 Å². The van der Waals surface area contributed by atoms with Gasteiger partial charge in [0.2, 0.25) is 0 Å². The first kappa shape index (κ1) is 15.0. The van der Waals surface area contributed by atoms with Crippen LogP contribution in [0.25, 0.3) is 0 Å². The Morgan fingerprint density at radius 2 is 1.94 bits per heavy atom. The highest BCUT2D eigenvalue weighted by atomic mass is 15.1. The van der Waals surface area contributed by atoms with Crippen LogP contribution in [0.3, 0.4) is 0 Å². The first-order valence-electron chi connectivity index (χ1n) is 7.31. The predicted octanol–water partition coefficient (Wildman–Crippen LogP) is 3.13. The Morgan fingerprint density at radius 1 is 1.24 bits per heavy atom. The molecule has 0 aromatic heterocycles. The van der Waals surface area contributed by atoms with Crippen LogP contribution in [-0.4, -0.2) is 38.1 Å². The van der Waals surface area contributed by atoms with E-state index in [9.17, 15) is 0 Å². The fourth-order valence-electron chi connectivity index (χ4n) is 3.18. The minimum Gasteiger partial charge on any atom is -0.313 e. The molecule has 1 saturated carbocycles. The van der Waals surface area contributed by atoms with Crippen LogP contribution in [0.15, 0.2) is 0 Å². The third-order valence-corrected chi connectivity index (χ3v) is 3.97. The molecular weight excluding hydrogens is 208 g/mol. The highest BCUT2D eigenvalue weighted by Gasteiger charge is 2.24. The molecule has 2 nitrogen and oxygen atoms in total. The summed E-state index contributed by atoms with van der Waals surface area (Å²) >= 11 is 0. The van der Waals surface area contributed by atoms with Crippen molar-refractivity contribution in [3.05, 3.63) is 0 Å². The number of rotatable bonds is 6. The molecule has 0 heterocycles. The molecule has 1 aliphatic carbocycles. The van der Waals surface area contributed by atoms with Crippen molar-refractivity contribution in [3.63, 3.8) is 0 Å². The van der Waals surface area contributed by atoms with E-state index in [0.29, 0.717) is 5.41 Å². The summed E-state index contributed by atoms with van der Waals surface area (Å²) in [5, 5.41) is 3.80. The fourth-order valence-corrected chi connectivity index (χ4v) is 3.18. The number of hydrogen-bond acceptors (Lipinski definition) is 2. The molecule has 17 heavy (non-hydrogen) atoms. The lowest BCUT2D eigenvalue weighted by Crippen LogP contribution is -2.43. The van der Waals surface area contributed by atoms with Crippen LogP contribution in [0.5, 0.6) is 0 Å². The highest BCUT2D eigenvalue weighted by molar-refractivity contribution is 4.81. The molecule has 2 atom stereocenters. The largest absolute Gasteiger partial charge is 0.313 e. The van der Waals surface area contributed by atoms with Crippen molar-refractivity contribution in [2.45, 2.75) is 58.9 Å². The molecule has 0 aromatic rings. The van der Waals surface area contributed by atoms with Crippen molar-refractivity contribution in [2.75, 3.05) is 27.2 Å². The maximum Gasteiger partial charge on any atom is 0.00699 e. The van der Waals surface area contributed by atoms with E-state index in [1.54, 1.807) is 0 Å². The minimum atomic E-state index is 0.378. The van der Waals surface area contributed by atoms with Crippen molar-refractivity contribution in [1.29, 1.82) is 0 Å². The minimum absolute atomic E-state index is 0.378. The Labute approximate surface area is 108 Å². The third kappa shape index (κ3) is 5.87. The van der Waals surface area contributed by atoms with Crippen LogP contribution < -0.4 is 5.32 Å². The second-order valence-corrected chi connectivity index (χ2v) is 6.92. The summed E-state index contributed by atoms with van der Waals surface area (Å²) < 4.78 is 0. The van der Waals surface area contributed by atoms with Gasteiger partial charge >= 0.3 is 0 Å². The molecule has 0 spiro atoms. The average molecular weight is 240 g/mol. The van der Waals surface area contributed by atoms with Gasteiger partial charge in [-0.2, -0.15) is 0 Å². The van der Waals surface area contributed by atoms with Crippen LogP contribution >= 0.6 is 0 Å². The molecular formula is C15H32N2. The van der Waals surface area contributed by atoms with E-state index in [1.165, 1.54) is 32.1 Å². The summed E-state index contributed by atoms with van der Waals surface area (Å²) in [4.78, 5) is 2.29. The smallest absolute Gasteiger partial charge is 0.00699 e. The molecule has 0 bridgehead atoms. The Morgan fingerprint density at radius 3 is 2.53 bits per heavy atom. The molecule has 1 N–H and O–H groups in total. The lowest BCUT2D eigenvalue weighted by atomic mass is 9.83. The van der Waals surface area contributed by atoms with Gasteiger partial charge in [-0.05, 0) is 38.3 Å². The number of hydrogen-bond donors (Lipinski definition) is 1. The quantitative estimate of drug-likeness (QED) is 0.767. The van der Waals surface area contributed by atoms with Gasteiger partial charge in [-0.1, -0.05) is 40.0 Å². The third-order valence-electron chi connectivity index (χ3n) is 3.97. The van der Waals surface area contributed by atoms with Gasteiger partial charge < -0.3 is 10.2 Å². The standard InChI is InChI=1S/C15H32N2/c1-6-13-8-7-9-14(10-13)16-11-15(2,3)12-17(4)5/h13-14,16H,6-12H2,1-5H3. The normalized spacial score (nSPS) is 26.5. The fraction of sp³-hybridized carbons (Fsp3) is 1.00. The Kier molecular flexibility index (Phi) is 5.94. The Bertz CT molecular complexity index is 211. The van der Waals surface area contributed by atoms with Gasteiger partial charge in [0.1, 0.15) is 0 Å². The summed E-state index contributed by atoms with van der Waals surface area (Å²) in [6.07, 6.45) is 7.02. The summed E-state index contributed by atoms with van der Waals surface area (Å²) in [6.45, 7) is 9.36. The van der Waals surface area contributed by atoms with E-state index in [-0.39, 0.29) is 0 Å². The molecule has 0 radical (unpaired) electrons. The van der Waals surface area contributed by atoms with Gasteiger partial charge in [0.25, 0.3) is 0 Å². The molecule has 1 aliphatic rings. The molecule has 0 amide bonds. The van der Waals surface area contributed by atoms with E-state index in [0.717, 1.165) is 25.0 Å². The summed E-state index contributed by atoms with van der Waals surface area (Å²) in [5.74, 6) is 0.971.